The Kier molecular flexibility index (Phi) is 5.27. The first-order valence-corrected chi connectivity index (χ1v) is 9.77. The number of carbonyl (C=O) groups excluding carboxylic acids is 1. The van der Waals surface area contributed by atoms with Crippen molar-refractivity contribution in [2.45, 2.75) is 39.0 Å². The highest BCUT2D eigenvalue weighted by molar-refractivity contribution is 5.77. The van der Waals surface area contributed by atoms with Crippen LogP contribution in [0.3, 0.4) is 0 Å². The van der Waals surface area contributed by atoms with E-state index in [4.69, 9.17) is 4.74 Å². The Morgan fingerprint density at radius 3 is 2.67 bits per heavy atom. The summed E-state index contributed by atoms with van der Waals surface area (Å²) in [6.07, 6.45) is 0.456. The minimum Gasteiger partial charge on any atom is -0.375 e. The number of nitrogens with zero attached hydrogens (tertiary/aromatic N) is 4. The molecule has 144 valence electrons. The standard InChI is InChI=1S/C21H28N4O2/c1-16-10-17(2)25(22-16)19-13-24(14-19)21(26)11-20-15-23(8-9-27-20)12-18-6-4-3-5-7-18/h3-7,10,19-20H,8-9,11-15H2,1-2H3/t20-/m0/s1. The fourth-order valence-corrected chi connectivity index (χ4v) is 4.04. The average Bonchev–Trinajstić information content (AvgIpc) is 2.93. The van der Waals surface area contributed by atoms with Crippen molar-refractivity contribution in [3.63, 3.8) is 0 Å². The number of hydrogen-bond acceptors (Lipinski definition) is 4. The summed E-state index contributed by atoms with van der Waals surface area (Å²) in [6, 6.07) is 12.9. The van der Waals surface area contributed by atoms with Crippen molar-refractivity contribution in [1.29, 1.82) is 0 Å². The van der Waals surface area contributed by atoms with Gasteiger partial charge in [-0.25, -0.2) is 0 Å². The van der Waals surface area contributed by atoms with Crippen LogP contribution in [0.5, 0.6) is 0 Å². The third-order valence-corrected chi connectivity index (χ3v) is 5.48. The quantitative estimate of drug-likeness (QED) is 0.812. The molecule has 4 rings (SSSR count). The predicted molar refractivity (Wildman–Crippen MR) is 103 cm³/mol. The van der Waals surface area contributed by atoms with Gasteiger partial charge in [0.2, 0.25) is 5.91 Å². The molecule has 0 saturated carbocycles. The first-order chi connectivity index (χ1) is 13.1. The molecule has 2 saturated heterocycles. The smallest absolute Gasteiger partial charge is 0.225 e. The molecule has 2 aliphatic heterocycles. The van der Waals surface area contributed by atoms with E-state index in [2.05, 4.69) is 51.9 Å². The number of morpholine rings is 1. The highest BCUT2D eigenvalue weighted by Crippen LogP contribution is 2.24. The van der Waals surface area contributed by atoms with Gasteiger partial charge in [0.05, 0.1) is 30.9 Å². The van der Waals surface area contributed by atoms with E-state index >= 15 is 0 Å². The van der Waals surface area contributed by atoms with Crippen LogP contribution in [0.25, 0.3) is 0 Å². The molecule has 0 N–H and O–H groups in total. The SMILES string of the molecule is Cc1cc(C)n(C2CN(C(=O)C[C@H]3CN(Cc4ccccc4)CCO3)C2)n1. The van der Waals surface area contributed by atoms with Crippen LogP contribution in [0.2, 0.25) is 0 Å². The van der Waals surface area contributed by atoms with Crippen molar-refractivity contribution < 1.29 is 9.53 Å². The largest absolute Gasteiger partial charge is 0.375 e. The number of aryl methyl sites for hydroxylation is 2. The van der Waals surface area contributed by atoms with Crippen molar-refractivity contribution in [3.05, 3.63) is 53.3 Å². The molecule has 2 aromatic rings. The van der Waals surface area contributed by atoms with Gasteiger partial charge in [0.15, 0.2) is 0 Å². The number of benzene rings is 1. The normalized spacial score (nSPS) is 21.3. The maximum atomic E-state index is 12.6. The van der Waals surface area contributed by atoms with E-state index in [1.54, 1.807) is 0 Å². The van der Waals surface area contributed by atoms with Gasteiger partial charge in [0, 0.05) is 38.4 Å². The predicted octanol–water partition coefficient (Wildman–Crippen LogP) is 2.17. The van der Waals surface area contributed by atoms with Crippen molar-refractivity contribution in [1.82, 2.24) is 19.6 Å². The molecule has 1 aromatic heterocycles. The second kappa shape index (κ2) is 7.82. The lowest BCUT2D eigenvalue weighted by Gasteiger charge is -2.41. The number of amides is 1. The van der Waals surface area contributed by atoms with Crippen LogP contribution < -0.4 is 0 Å². The van der Waals surface area contributed by atoms with Gasteiger partial charge in [-0.05, 0) is 25.5 Å². The Morgan fingerprint density at radius 2 is 1.96 bits per heavy atom. The van der Waals surface area contributed by atoms with E-state index in [9.17, 15) is 4.79 Å². The second-order valence-corrected chi connectivity index (χ2v) is 7.74. The lowest BCUT2D eigenvalue weighted by molar-refractivity contribution is -0.142. The third kappa shape index (κ3) is 4.22. The summed E-state index contributed by atoms with van der Waals surface area (Å²) in [4.78, 5) is 16.9. The summed E-state index contributed by atoms with van der Waals surface area (Å²) >= 11 is 0. The van der Waals surface area contributed by atoms with Crippen molar-refractivity contribution in [2.75, 3.05) is 32.8 Å². The summed E-state index contributed by atoms with van der Waals surface area (Å²) in [5, 5.41) is 4.54. The van der Waals surface area contributed by atoms with E-state index in [0.717, 1.165) is 44.1 Å². The van der Waals surface area contributed by atoms with Gasteiger partial charge < -0.3 is 9.64 Å². The molecule has 0 unspecified atom stereocenters. The maximum Gasteiger partial charge on any atom is 0.225 e. The summed E-state index contributed by atoms with van der Waals surface area (Å²) in [5.74, 6) is 0.194. The highest BCUT2D eigenvalue weighted by Gasteiger charge is 2.34. The maximum absolute atomic E-state index is 12.6. The van der Waals surface area contributed by atoms with E-state index in [0.29, 0.717) is 19.1 Å². The number of hydrogen-bond donors (Lipinski definition) is 0. The number of aromatic nitrogens is 2. The van der Waals surface area contributed by atoms with Crippen LogP contribution in [0.4, 0.5) is 0 Å². The molecule has 1 amide bonds. The average molecular weight is 368 g/mol. The topological polar surface area (TPSA) is 50.6 Å². The Hall–Kier alpha value is -2.18. The van der Waals surface area contributed by atoms with Gasteiger partial charge in [0.1, 0.15) is 0 Å². The molecule has 0 aliphatic carbocycles. The molecule has 2 aliphatic rings. The summed E-state index contributed by atoms with van der Waals surface area (Å²) in [5.41, 5.74) is 3.50. The molecular formula is C21H28N4O2. The molecule has 1 atom stereocenters. The zero-order chi connectivity index (χ0) is 18.8. The van der Waals surface area contributed by atoms with Crippen LogP contribution in [-0.2, 0) is 16.1 Å². The summed E-state index contributed by atoms with van der Waals surface area (Å²) in [7, 11) is 0. The fraction of sp³-hybridized carbons (Fsp3) is 0.524. The van der Waals surface area contributed by atoms with Crippen LogP contribution in [-0.4, -0.2) is 64.4 Å². The summed E-state index contributed by atoms with van der Waals surface area (Å²) in [6.45, 7) is 8.92. The minimum atomic E-state index is -0.0114. The zero-order valence-corrected chi connectivity index (χ0v) is 16.2. The molecule has 1 aromatic carbocycles. The lowest BCUT2D eigenvalue weighted by atomic mass is 10.1. The van der Waals surface area contributed by atoms with Crippen LogP contribution in [0, 0.1) is 13.8 Å². The molecular weight excluding hydrogens is 340 g/mol. The van der Waals surface area contributed by atoms with Gasteiger partial charge in [-0.1, -0.05) is 30.3 Å². The number of rotatable bonds is 5. The van der Waals surface area contributed by atoms with Crippen molar-refractivity contribution in [2.24, 2.45) is 0 Å². The van der Waals surface area contributed by atoms with E-state index in [1.807, 2.05) is 17.9 Å². The van der Waals surface area contributed by atoms with Gasteiger partial charge in [-0.3, -0.25) is 14.4 Å². The number of carbonyl (C=O) groups is 1. The molecule has 6 heteroatoms. The Morgan fingerprint density at radius 1 is 1.19 bits per heavy atom. The molecule has 2 fully saturated rings. The number of likely N-dealkylation sites (tertiary alicyclic amines) is 1. The number of ether oxygens (including phenoxy) is 1. The monoisotopic (exact) mass is 368 g/mol. The summed E-state index contributed by atoms with van der Waals surface area (Å²) < 4.78 is 7.92. The minimum absolute atomic E-state index is 0.0114. The van der Waals surface area contributed by atoms with E-state index in [1.165, 1.54) is 5.56 Å². The Balaban J connectivity index is 1.25. The van der Waals surface area contributed by atoms with E-state index < -0.39 is 0 Å². The Bertz CT molecular complexity index is 783. The van der Waals surface area contributed by atoms with Gasteiger partial charge in [0.25, 0.3) is 0 Å². The third-order valence-electron chi connectivity index (χ3n) is 5.48. The fourth-order valence-electron chi connectivity index (χ4n) is 4.04. The first-order valence-electron chi connectivity index (χ1n) is 9.77. The van der Waals surface area contributed by atoms with Gasteiger partial charge in [-0.2, -0.15) is 5.10 Å². The molecule has 0 spiro atoms. The molecule has 0 radical (unpaired) electrons. The van der Waals surface area contributed by atoms with Crippen LogP contribution in [0.1, 0.15) is 29.4 Å². The van der Waals surface area contributed by atoms with Crippen LogP contribution >= 0.6 is 0 Å². The first kappa shape index (κ1) is 18.2. The second-order valence-electron chi connectivity index (χ2n) is 7.74. The van der Waals surface area contributed by atoms with Crippen molar-refractivity contribution >= 4 is 5.91 Å². The van der Waals surface area contributed by atoms with Gasteiger partial charge in [-0.15, -0.1) is 0 Å². The molecule has 6 nitrogen and oxygen atoms in total. The van der Waals surface area contributed by atoms with Crippen molar-refractivity contribution in [3.8, 4) is 0 Å². The van der Waals surface area contributed by atoms with E-state index in [-0.39, 0.29) is 12.0 Å². The molecule has 27 heavy (non-hydrogen) atoms. The molecule has 0 bridgehead atoms. The van der Waals surface area contributed by atoms with Crippen LogP contribution in [0.15, 0.2) is 36.4 Å². The lowest BCUT2D eigenvalue weighted by Crippen LogP contribution is -2.53. The molecule has 3 heterocycles. The Labute approximate surface area is 160 Å². The zero-order valence-electron chi connectivity index (χ0n) is 16.2. The van der Waals surface area contributed by atoms with Gasteiger partial charge >= 0.3 is 0 Å². The highest BCUT2D eigenvalue weighted by atomic mass is 16.5.